The molecule has 2 aromatic carbocycles. The van der Waals surface area contributed by atoms with Crippen molar-refractivity contribution in [1.82, 2.24) is 20.5 Å². The molecule has 7 nitrogen and oxygen atoms in total. The van der Waals surface area contributed by atoms with Gasteiger partial charge in [0.15, 0.2) is 0 Å². The van der Waals surface area contributed by atoms with Crippen LogP contribution in [0.1, 0.15) is 27.9 Å². The van der Waals surface area contributed by atoms with Crippen LogP contribution in [0.25, 0.3) is 10.9 Å². The summed E-state index contributed by atoms with van der Waals surface area (Å²) < 4.78 is 0. The Morgan fingerprint density at radius 3 is 2.78 bits per heavy atom. The van der Waals surface area contributed by atoms with Gasteiger partial charge in [0.25, 0.3) is 5.91 Å². The van der Waals surface area contributed by atoms with Crippen LogP contribution < -0.4 is 10.6 Å². The van der Waals surface area contributed by atoms with Crippen molar-refractivity contribution in [2.24, 2.45) is 0 Å². The number of carbonyl (C=O) groups excluding carboxylic acids is 2. The second kappa shape index (κ2) is 11.0. The molecule has 32 heavy (non-hydrogen) atoms. The van der Waals surface area contributed by atoms with Crippen LogP contribution in [0, 0.1) is 11.8 Å². The van der Waals surface area contributed by atoms with Crippen LogP contribution >= 0.6 is 0 Å². The number of rotatable bonds is 7. The summed E-state index contributed by atoms with van der Waals surface area (Å²) in [6.45, 7) is 0.350. The summed E-state index contributed by atoms with van der Waals surface area (Å²) in [6, 6.07) is 14.4. The molecule has 166 valence electrons. The van der Waals surface area contributed by atoms with Crippen molar-refractivity contribution >= 4 is 22.8 Å². The molecule has 0 radical (unpaired) electrons. The fourth-order valence-electron chi connectivity index (χ4n) is 3.41. The van der Waals surface area contributed by atoms with Crippen LogP contribution in [0.3, 0.4) is 0 Å². The number of nitrogens with zero attached hydrogens (tertiary/aromatic N) is 1. The second-order valence-electron chi connectivity index (χ2n) is 7.53. The van der Waals surface area contributed by atoms with E-state index in [4.69, 9.17) is 0 Å². The molecule has 0 saturated carbocycles. The molecule has 1 unspecified atom stereocenters. The third-order valence-electron chi connectivity index (χ3n) is 5.19. The number of amides is 3. The first kappa shape index (κ1) is 22.9. The lowest BCUT2D eigenvalue weighted by molar-refractivity contribution is 0.0916. The van der Waals surface area contributed by atoms with Gasteiger partial charge in [-0.25, -0.2) is 4.79 Å². The summed E-state index contributed by atoms with van der Waals surface area (Å²) in [6.07, 6.45) is 2.96. The number of aromatic nitrogens is 1. The Morgan fingerprint density at radius 1 is 1.19 bits per heavy atom. The normalized spacial score (nSPS) is 11.3. The Kier molecular flexibility index (Phi) is 7.90. The van der Waals surface area contributed by atoms with Gasteiger partial charge in [-0.1, -0.05) is 36.1 Å². The van der Waals surface area contributed by atoms with Crippen LogP contribution in [-0.2, 0) is 6.42 Å². The van der Waals surface area contributed by atoms with Gasteiger partial charge in [-0.3, -0.25) is 4.79 Å². The lowest BCUT2D eigenvalue weighted by atomic mass is 10.0. The molecule has 4 N–H and O–H groups in total. The number of benzene rings is 2. The standard InChI is InChI=1S/C25H28N4O3/c1-26-25(32)29(2)13-6-5-8-18-9-7-10-19(14-18)24(31)28-21(17-30)15-20-16-27-23-12-4-3-11-22(20)23/h3-4,7,9-12,14,16,21,27,30H,6,13,15,17H2,1-2H3,(H,26,32)(H,28,31). The number of hydrogen-bond donors (Lipinski definition) is 4. The third-order valence-corrected chi connectivity index (χ3v) is 5.19. The number of hydrogen-bond acceptors (Lipinski definition) is 3. The van der Waals surface area contributed by atoms with Crippen molar-refractivity contribution < 1.29 is 14.7 Å². The SMILES string of the molecule is CNC(=O)N(C)CCC#Cc1cccc(C(=O)NC(CO)Cc2c[nH]c3ccccc23)c1. The number of nitrogens with one attached hydrogen (secondary N) is 3. The summed E-state index contributed by atoms with van der Waals surface area (Å²) in [7, 11) is 3.29. The van der Waals surface area contributed by atoms with Crippen molar-refractivity contribution in [2.75, 3.05) is 27.2 Å². The number of fused-ring (bicyclic) bond motifs is 1. The van der Waals surface area contributed by atoms with Gasteiger partial charge < -0.3 is 25.6 Å². The molecule has 0 bridgehead atoms. The zero-order valence-electron chi connectivity index (χ0n) is 18.3. The molecule has 3 aromatic rings. The van der Waals surface area contributed by atoms with E-state index in [1.165, 1.54) is 0 Å². The predicted octanol–water partition coefficient (Wildman–Crippen LogP) is 2.51. The maximum Gasteiger partial charge on any atom is 0.316 e. The number of carbonyl (C=O) groups is 2. The Labute approximate surface area is 187 Å². The highest BCUT2D eigenvalue weighted by Crippen LogP contribution is 2.19. The van der Waals surface area contributed by atoms with Gasteiger partial charge >= 0.3 is 6.03 Å². The zero-order chi connectivity index (χ0) is 22.9. The fourth-order valence-corrected chi connectivity index (χ4v) is 3.41. The second-order valence-corrected chi connectivity index (χ2v) is 7.53. The van der Waals surface area contributed by atoms with E-state index in [-0.39, 0.29) is 18.5 Å². The number of para-hydroxylation sites is 1. The summed E-state index contributed by atoms with van der Waals surface area (Å²) in [5.41, 5.74) is 3.27. The van der Waals surface area contributed by atoms with Gasteiger partial charge in [-0.15, -0.1) is 0 Å². The Hall–Kier alpha value is -3.76. The molecule has 3 rings (SSSR count). The van der Waals surface area contributed by atoms with Crippen molar-refractivity contribution in [3.63, 3.8) is 0 Å². The Morgan fingerprint density at radius 2 is 2.00 bits per heavy atom. The molecule has 0 saturated heterocycles. The molecule has 1 atom stereocenters. The first-order chi connectivity index (χ1) is 15.5. The first-order valence-corrected chi connectivity index (χ1v) is 10.5. The first-order valence-electron chi connectivity index (χ1n) is 10.5. The molecule has 1 aromatic heterocycles. The minimum absolute atomic E-state index is 0.156. The van der Waals surface area contributed by atoms with E-state index >= 15 is 0 Å². The maximum atomic E-state index is 12.8. The van der Waals surface area contributed by atoms with Crippen LogP contribution in [0.15, 0.2) is 54.7 Å². The number of aromatic amines is 1. The highest BCUT2D eigenvalue weighted by atomic mass is 16.3. The van der Waals surface area contributed by atoms with E-state index in [0.29, 0.717) is 24.9 Å². The minimum Gasteiger partial charge on any atom is -0.394 e. The monoisotopic (exact) mass is 432 g/mol. The van der Waals surface area contributed by atoms with Crippen molar-refractivity contribution in [1.29, 1.82) is 0 Å². The van der Waals surface area contributed by atoms with Crippen molar-refractivity contribution in [2.45, 2.75) is 18.9 Å². The quantitative estimate of drug-likeness (QED) is 0.432. The van der Waals surface area contributed by atoms with E-state index in [0.717, 1.165) is 22.0 Å². The highest BCUT2D eigenvalue weighted by molar-refractivity contribution is 5.94. The molecule has 0 aliphatic heterocycles. The Balaban J connectivity index is 1.61. The zero-order valence-corrected chi connectivity index (χ0v) is 18.3. The number of H-pyrrole nitrogens is 1. The van der Waals surface area contributed by atoms with E-state index in [2.05, 4.69) is 27.5 Å². The largest absolute Gasteiger partial charge is 0.394 e. The van der Waals surface area contributed by atoms with Gasteiger partial charge in [0.1, 0.15) is 0 Å². The summed E-state index contributed by atoms with van der Waals surface area (Å²) in [5.74, 6) is 5.81. The molecule has 0 aliphatic carbocycles. The maximum absolute atomic E-state index is 12.8. The van der Waals surface area contributed by atoms with Gasteiger partial charge in [0, 0.05) is 55.3 Å². The van der Waals surface area contributed by atoms with Gasteiger partial charge in [-0.05, 0) is 36.2 Å². The number of aliphatic hydroxyl groups excluding tert-OH is 1. The molecular formula is C25H28N4O3. The smallest absolute Gasteiger partial charge is 0.316 e. The van der Waals surface area contributed by atoms with Crippen molar-refractivity contribution in [3.8, 4) is 11.8 Å². The average molecular weight is 433 g/mol. The predicted molar refractivity (Wildman–Crippen MR) is 125 cm³/mol. The third kappa shape index (κ3) is 5.90. The summed E-state index contributed by atoms with van der Waals surface area (Å²) in [5, 5.41) is 16.4. The molecule has 0 aliphatic rings. The molecular weight excluding hydrogens is 404 g/mol. The lowest BCUT2D eigenvalue weighted by Crippen LogP contribution is -2.39. The number of urea groups is 1. The van der Waals surface area contributed by atoms with Crippen LogP contribution in [-0.4, -0.2) is 60.2 Å². The molecule has 3 amide bonds. The van der Waals surface area contributed by atoms with E-state index in [1.54, 1.807) is 37.2 Å². The van der Waals surface area contributed by atoms with Crippen LogP contribution in [0.4, 0.5) is 4.79 Å². The number of aliphatic hydroxyl groups is 1. The summed E-state index contributed by atoms with van der Waals surface area (Å²) in [4.78, 5) is 29.0. The molecule has 0 spiro atoms. The van der Waals surface area contributed by atoms with Gasteiger partial charge in [0.2, 0.25) is 0 Å². The minimum atomic E-state index is -0.406. The lowest BCUT2D eigenvalue weighted by Gasteiger charge is -2.16. The van der Waals surface area contributed by atoms with Crippen molar-refractivity contribution in [3.05, 3.63) is 71.4 Å². The van der Waals surface area contributed by atoms with E-state index in [1.807, 2.05) is 36.5 Å². The molecule has 1 heterocycles. The fraction of sp³-hybridized carbons (Fsp3) is 0.280. The highest BCUT2D eigenvalue weighted by Gasteiger charge is 2.16. The average Bonchev–Trinajstić information content (AvgIpc) is 3.23. The van der Waals surface area contributed by atoms with Crippen LogP contribution in [0.5, 0.6) is 0 Å². The van der Waals surface area contributed by atoms with Gasteiger partial charge in [0.05, 0.1) is 12.6 Å². The van der Waals surface area contributed by atoms with E-state index < -0.39 is 6.04 Å². The topological polar surface area (TPSA) is 97.5 Å². The molecule has 0 fully saturated rings. The summed E-state index contributed by atoms with van der Waals surface area (Å²) >= 11 is 0. The van der Waals surface area contributed by atoms with E-state index in [9.17, 15) is 14.7 Å². The van der Waals surface area contributed by atoms with Crippen LogP contribution in [0.2, 0.25) is 0 Å². The Bertz CT molecular complexity index is 1140. The van der Waals surface area contributed by atoms with Gasteiger partial charge in [-0.2, -0.15) is 0 Å². The molecule has 7 heteroatoms.